The van der Waals surface area contributed by atoms with Crippen molar-refractivity contribution in [2.45, 2.75) is 19.8 Å². The lowest BCUT2D eigenvalue weighted by Crippen LogP contribution is -2.32. The van der Waals surface area contributed by atoms with Crippen LogP contribution in [0.25, 0.3) is 5.57 Å². The average Bonchev–Trinajstić information content (AvgIpc) is 3.76. The second-order valence-electron chi connectivity index (χ2n) is 10.6. The van der Waals surface area contributed by atoms with Gasteiger partial charge in [-0.05, 0) is 57.6 Å². The first-order valence-corrected chi connectivity index (χ1v) is 15.7. The molecule has 0 bridgehead atoms. The molecule has 45 heavy (non-hydrogen) atoms. The Morgan fingerprint density at radius 1 is 0.933 bits per heavy atom. The van der Waals surface area contributed by atoms with Crippen LogP contribution in [0.1, 0.15) is 73.5 Å². The van der Waals surface area contributed by atoms with Gasteiger partial charge in [-0.25, -0.2) is 9.97 Å². The van der Waals surface area contributed by atoms with Crippen molar-refractivity contribution in [2.24, 2.45) is 5.73 Å². The molecule has 2 aromatic heterocycles. The summed E-state index contributed by atoms with van der Waals surface area (Å²) in [6.45, 7) is 4.09. The zero-order valence-corrected chi connectivity index (χ0v) is 26.0. The van der Waals surface area contributed by atoms with Crippen LogP contribution in [0.3, 0.4) is 0 Å². The summed E-state index contributed by atoms with van der Waals surface area (Å²) in [5.74, 6) is -1.23. The van der Waals surface area contributed by atoms with Crippen LogP contribution in [-0.2, 0) is 0 Å². The summed E-state index contributed by atoms with van der Waals surface area (Å²) >= 11 is 2.03. The van der Waals surface area contributed by atoms with Gasteiger partial charge in [-0.15, -0.1) is 22.7 Å². The number of Topliss-reactive ketones (excluding diaryl/α,β-unsaturated/α-hetero) is 3. The number of nitrogens with two attached hydrogens (primary N) is 1. The Bertz CT molecular complexity index is 1840. The first-order valence-electron chi connectivity index (χ1n) is 14.1. The van der Waals surface area contributed by atoms with Gasteiger partial charge in [0.15, 0.2) is 22.3 Å². The highest BCUT2D eigenvalue weighted by Gasteiger charge is 2.38. The van der Waals surface area contributed by atoms with Gasteiger partial charge in [0.05, 0.1) is 22.0 Å². The molecule has 3 aromatic rings. The minimum atomic E-state index is -0.813. The Kier molecular flexibility index (Phi) is 8.31. The molecule has 2 aliphatic carbocycles. The van der Waals surface area contributed by atoms with Crippen molar-refractivity contribution in [1.82, 2.24) is 25.5 Å². The number of carbonyl (C=O) groups is 5. The lowest BCUT2D eigenvalue weighted by molar-refractivity contribution is 0.0977. The van der Waals surface area contributed by atoms with Crippen LogP contribution in [0.2, 0.25) is 0 Å². The number of ether oxygens (including phenoxy) is 2. The number of thiazole rings is 2. The number of carbonyl (C=O) groups excluding carboxylic acids is 5. The molecule has 13 nitrogen and oxygen atoms in total. The first-order chi connectivity index (χ1) is 21.6. The normalized spacial score (nSPS) is 15.4. The highest BCUT2D eigenvalue weighted by Crippen LogP contribution is 2.39. The van der Waals surface area contributed by atoms with E-state index < -0.39 is 17.5 Å². The molecule has 0 saturated heterocycles. The maximum Gasteiger partial charge on any atom is 0.277 e. The molecule has 4 N–H and O–H groups in total. The quantitative estimate of drug-likeness (QED) is 0.244. The molecule has 232 valence electrons. The van der Waals surface area contributed by atoms with Gasteiger partial charge in [0.25, 0.3) is 5.91 Å². The number of fused-ring (bicyclic) bond motifs is 3. The Hall–Kier alpha value is -4.73. The number of hydrogen-bond acceptors (Lipinski definition) is 14. The number of rotatable bonds is 12. The van der Waals surface area contributed by atoms with Gasteiger partial charge in [-0.1, -0.05) is 6.07 Å². The fourth-order valence-corrected chi connectivity index (χ4v) is 6.89. The third kappa shape index (κ3) is 5.89. The van der Waals surface area contributed by atoms with Crippen molar-refractivity contribution in [1.29, 1.82) is 0 Å². The second-order valence-corrected chi connectivity index (χ2v) is 12.8. The summed E-state index contributed by atoms with van der Waals surface area (Å²) in [5.41, 5.74) is 6.49. The Labute approximate surface area is 265 Å². The van der Waals surface area contributed by atoms with Crippen molar-refractivity contribution in [3.63, 3.8) is 0 Å². The maximum atomic E-state index is 13.6. The average molecular weight is 649 g/mol. The highest BCUT2D eigenvalue weighted by molar-refractivity contribution is 7.16. The van der Waals surface area contributed by atoms with E-state index in [2.05, 4.69) is 25.5 Å². The third-order valence-electron chi connectivity index (χ3n) is 7.37. The standard InChI is InChI=1S/C30H28N6O7S2/c1-14-34-22-24(38)16(12-17(37)27(22)44-14)32-7-3-9-36(2)10-4-8-33-21-20(15-5-6-18-19(11-15)43-13-42-18)25(39)28-23(26(21)40)35-30(45-28)29(31)41/h5-6,11-12,32-33H,3-4,7-10,13H2,1-2H3,(H2,31,41). The van der Waals surface area contributed by atoms with Crippen molar-refractivity contribution in [2.75, 3.05) is 40.0 Å². The molecule has 0 atom stereocenters. The summed E-state index contributed by atoms with van der Waals surface area (Å²) in [4.78, 5) is 74.8. The minimum absolute atomic E-state index is 0.0587. The van der Waals surface area contributed by atoms with E-state index in [1.54, 1.807) is 25.1 Å². The number of nitrogens with one attached hydrogen (secondary N) is 2. The van der Waals surface area contributed by atoms with E-state index in [-0.39, 0.29) is 56.6 Å². The SMILES string of the molecule is Cc1nc2c(s1)C(=O)C=C(NCCCN(C)CCCNC1=C(c3ccc4c(c3)OCO4)C(=O)c3sc(C(N)=O)nc3C1=O)C2=O. The molecule has 0 radical (unpaired) electrons. The summed E-state index contributed by atoms with van der Waals surface area (Å²) in [6.07, 6.45) is 2.70. The molecule has 1 amide bonds. The van der Waals surface area contributed by atoms with E-state index in [0.717, 1.165) is 11.3 Å². The zero-order chi connectivity index (χ0) is 31.8. The summed E-state index contributed by atoms with van der Waals surface area (Å²) in [5, 5.41) is 6.79. The fourth-order valence-electron chi connectivity index (χ4n) is 5.20. The van der Waals surface area contributed by atoms with Crippen LogP contribution in [0.4, 0.5) is 0 Å². The summed E-state index contributed by atoms with van der Waals surface area (Å²) in [6, 6.07) is 5.01. The predicted molar refractivity (Wildman–Crippen MR) is 165 cm³/mol. The van der Waals surface area contributed by atoms with E-state index in [1.807, 2.05) is 7.05 Å². The van der Waals surface area contributed by atoms with E-state index >= 15 is 0 Å². The zero-order valence-electron chi connectivity index (χ0n) is 24.4. The van der Waals surface area contributed by atoms with Crippen LogP contribution in [0, 0.1) is 6.92 Å². The number of benzene rings is 1. The van der Waals surface area contributed by atoms with Gasteiger partial charge in [-0.2, -0.15) is 0 Å². The smallest absolute Gasteiger partial charge is 0.277 e. The molecule has 0 spiro atoms. The second kappa shape index (κ2) is 12.3. The van der Waals surface area contributed by atoms with Gasteiger partial charge in [-0.3, -0.25) is 24.0 Å². The molecule has 6 rings (SSSR count). The van der Waals surface area contributed by atoms with E-state index in [4.69, 9.17) is 15.2 Å². The largest absolute Gasteiger partial charge is 0.454 e. The lowest BCUT2D eigenvalue weighted by atomic mass is 9.90. The van der Waals surface area contributed by atoms with Crippen molar-refractivity contribution >= 4 is 57.3 Å². The molecule has 3 heterocycles. The highest BCUT2D eigenvalue weighted by atomic mass is 32.1. The van der Waals surface area contributed by atoms with E-state index in [0.29, 0.717) is 66.0 Å². The monoisotopic (exact) mass is 648 g/mol. The molecule has 0 fully saturated rings. The molecule has 1 aromatic carbocycles. The van der Waals surface area contributed by atoms with Crippen molar-refractivity contribution < 1.29 is 33.4 Å². The molecule has 15 heteroatoms. The van der Waals surface area contributed by atoms with Gasteiger partial charge in [0, 0.05) is 19.2 Å². The third-order valence-corrected chi connectivity index (χ3v) is 9.42. The topological polar surface area (TPSA) is 183 Å². The Morgan fingerprint density at radius 3 is 2.40 bits per heavy atom. The maximum absolute atomic E-state index is 13.6. The molecule has 3 aliphatic rings. The van der Waals surface area contributed by atoms with E-state index in [9.17, 15) is 24.0 Å². The number of amides is 1. The van der Waals surface area contributed by atoms with E-state index in [1.165, 1.54) is 17.4 Å². The van der Waals surface area contributed by atoms with Crippen LogP contribution < -0.4 is 25.8 Å². The van der Waals surface area contributed by atoms with Crippen LogP contribution in [0.15, 0.2) is 35.7 Å². The number of aromatic nitrogens is 2. The van der Waals surface area contributed by atoms with Crippen molar-refractivity contribution in [3.05, 3.63) is 72.4 Å². The number of nitrogens with zero attached hydrogens (tertiary/aromatic N) is 3. The number of ketones is 4. The van der Waals surface area contributed by atoms with Gasteiger partial charge in [0.1, 0.15) is 21.1 Å². The van der Waals surface area contributed by atoms with Crippen LogP contribution >= 0.6 is 22.7 Å². The molecule has 1 aliphatic heterocycles. The van der Waals surface area contributed by atoms with Crippen molar-refractivity contribution in [3.8, 4) is 11.5 Å². The molecule has 0 unspecified atom stereocenters. The Morgan fingerprint density at radius 2 is 1.64 bits per heavy atom. The first kappa shape index (κ1) is 30.3. The summed E-state index contributed by atoms with van der Waals surface area (Å²) < 4.78 is 10.9. The number of aryl methyl sites for hydroxylation is 1. The molecule has 0 saturated carbocycles. The van der Waals surface area contributed by atoms with Crippen LogP contribution in [-0.4, -0.2) is 83.9 Å². The number of allylic oxidation sites excluding steroid dienone is 4. The molecular weight excluding hydrogens is 620 g/mol. The fraction of sp³-hybridized carbons (Fsp3) is 0.300. The number of primary amides is 1. The summed E-state index contributed by atoms with van der Waals surface area (Å²) in [7, 11) is 1.96. The van der Waals surface area contributed by atoms with Gasteiger partial charge < -0.3 is 30.7 Å². The van der Waals surface area contributed by atoms with Gasteiger partial charge >= 0.3 is 0 Å². The Balaban J connectivity index is 1.06. The molecular formula is C30H28N6O7S2. The predicted octanol–water partition coefficient (Wildman–Crippen LogP) is 2.38. The minimum Gasteiger partial charge on any atom is -0.454 e. The van der Waals surface area contributed by atoms with Crippen LogP contribution in [0.5, 0.6) is 11.5 Å². The lowest BCUT2D eigenvalue weighted by Gasteiger charge is -2.21. The van der Waals surface area contributed by atoms with Gasteiger partial charge in [0.2, 0.25) is 24.1 Å². The number of hydrogen-bond donors (Lipinski definition) is 3.